The van der Waals surface area contributed by atoms with Crippen LogP contribution in [0.15, 0.2) is 23.1 Å². The van der Waals surface area contributed by atoms with Gasteiger partial charge in [-0.25, -0.2) is 14.6 Å². The third kappa shape index (κ3) is 3.37. The Morgan fingerprint density at radius 2 is 2.04 bits per heavy atom. The van der Waals surface area contributed by atoms with Gasteiger partial charge in [-0.3, -0.25) is 9.69 Å². The first kappa shape index (κ1) is 17.5. The Morgan fingerprint density at radius 3 is 2.67 bits per heavy atom. The fraction of sp³-hybridized carbons (Fsp3) is 0.375. The zero-order valence-corrected chi connectivity index (χ0v) is 14.0. The number of esters is 1. The largest absolute Gasteiger partial charge is 0.453 e. The van der Waals surface area contributed by atoms with E-state index in [1.165, 1.54) is 20.4 Å². The Labute approximate surface area is 138 Å². The van der Waals surface area contributed by atoms with E-state index in [0.717, 1.165) is 10.6 Å². The molecule has 0 aliphatic rings. The molecule has 2 rings (SSSR count). The van der Waals surface area contributed by atoms with Crippen LogP contribution in [0.3, 0.4) is 0 Å². The third-order valence-corrected chi connectivity index (χ3v) is 3.50. The molecule has 0 atom stereocenters. The molecule has 0 saturated carbocycles. The molecule has 0 bridgehead atoms. The highest BCUT2D eigenvalue weighted by atomic mass is 16.6. The second-order valence-electron chi connectivity index (χ2n) is 5.21. The van der Waals surface area contributed by atoms with Gasteiger partial charge in [0.15, 0.2) is 6.73 Å². The van der Waals surface area contributed by atoms with Gasteiger partial charge in [0, 0.05) is 25.5 Å². The van der Waals surface area contributed by atoms with E-state index in [1.807, 2.05) is 13.8 Å². The molecule has 0 unspecified atom stereocenters. The van der Waals surface area contributed by atoms with Crippen LogP contribution in [0.4, 0.5) is 4.79 Å². The van der Waals surface area contributed by atoms with Crippen molar-refractivity contribution in [1.82, 2.24) is 14.5 Å². The molecular weight excluding hydrogens is 314 g/mol. The van der Waals surface area contributed by atoms with Crippen molar-refractivity contribution >= 4 is 23.1 Å². The Kier molecular flexibility index (Phi) is 5.18. The van der Waals surface area contributed by atoms with Crippen molar-refractivity contribution in [2.24, 2.45) is 0 Å². The van der Waals surface area contributed by atoms with Crippen molar-refractivity contribution in [2.75, 3.05) is 20.9 Å². The number of ether oxygens (including phenoxy) is 2. The van der Waals surface area contributed by atoms with E-state index in [-0.39, 0.29) is 12.3 Å². The summed E-state index contributed by atoms with van der Waals surface area (Å²) in [6.45, 7) is 3.93. The molecule has 128 valence electrons. The van der Waals surface area contributed by atoms with Gasteiger partial charge < -0.3 is 14.0 Å². The number of aromatic nitrogens is 2. The average molecular weight is 333 g/mol. The lowest BCUT2D eigenvalue weighted by Crippen LogP contribution is -2.31. The van der Waals surface area contributed by atoms with Gasteiger partial charge in [0.25, 0.3) is 0 Å². The summed E-state index contributed by atoms with van der Waals surface area (Å²) in [4.78, 5) is 41.5. The number of hydrogen-bond acceptors (Lipinski definition) is 6. The summed E-state index contributed by atoms with van der Waals surface area (Å²) in [7, 11) is 2.63. The Bertz CT molecular complexity index is 843. The van der Waals surface area contributed by atoms with Crippen molar-refractivity contribution in [3.8, 4) is 0 Å². The van der Waals surface area contributed by atoms with Crippen LogP contribution < -0.4 is 5.43 Å². The smallest absolute Gasteiger partial charge is 0.411 e. The molecule has 2 heterocycles. The molecule has 0 spiro atoms. The molecule has 0 N–H and O–H groups in total. The summed E-state index contributed by atoms with van der Waals surface area (Å²) in [6, 6.07) is 3.35. The van der Waals surface area contributed by atoms with E-state index >= 15 is 0 Å². The SMILES string of the molecule is CCn1cc(C(=O)OCN(C)C(=O)OC)c(=O)c2ccc(C)nc21. The zero-order chi connectivity index (χ0) is 17.9. The molecule has 0 aliphatic heterocycles. The number of nitrogens with zero attached hydrogens (tertiary/aromatic N) is 3. The van der Waals surface area contributed by atoms with E-state index in [9.17, 15) is 14.4 Å². The van der Waals surface area contributed by atoms with Crippen LogP contribution in [0.2, 0.25) is 0 Å². The van der Waals surface area contributed by atoms with Gasteiger partial charge in [0.2, 0.25) is 5.43 Å². The number of carbonyl (C=O) groups excluding carboxylic acids is 2. The highest BCUT2D eigenvalue weighted by Gasteiger charge is 2.19. The molecule has 1 amide bonds. The molecule has 8 heteroatoms. The number of carbonyl (C=O) groups is 2. The van der Waals surface area contributed by atoms with Crippen molar-refractivity contribution in [2.45, 2.75) is 20.4 Å². The van der Waals surface area contributed by atoms with Crippen LogP contribution in [0, 0.1) is 6.92 Å². The first-order valence-electron chi connectivity index (χ1n) is 7.36. The van der Waals surface area contributed by atoms with E-state index in [2.05, 4.69) is 9.72 Å². The first-order valence-corrected chi connectivity index (χ1v) is 7.36. The molecule has 2 aromatic heterocycles. The number of hydrogen-bond donors (Lipinski definition) is 0. The van der Waals surface area contributed by atoms with Gasteiger partial charge in [0.1, 0.15) is 11.2 Å². The van der Waals surface area contributed by atoms with Crippen LogP contribution in [0.25, 0.3) is 11.0 Å². The van der Waals surface area contributed by atoms with Crippen molar-refractivity contribution in [3.63, 3.8) is 0 Å². The highest BCUT2D eigenvalue weighted by Crippen LogP contribution is 2.11. The van der Waals surface area contributed by atoms with E-state index < -0.39 is 17.5 Å². The normalized spacial score (nSPS) is 10.5. The monoisotopic (exact) mass is 333 g/mol. The Hall–Kier alpha value is -2.90. The number of rotatable bonds is 4. The topological polar surface area (TPSA) is 90.7 Å². The molecule has 0 radical (unpaired) electrons. The highest BCUT2D eigenvalue weighted by molar-refractivity contribution is 5.93. The number of pyridine rings is 2. The van der Waals surface area contributed by atoms with Crippen LogP contribution in [-0.4, -0.2) is 47.4 Å². The Balaban J connectivity index is 2.37. The van der Waals surface area contributed by atoms with Gasteiger partial charge >= 0.3 is 12.1 Å². The summed E-state index contributed by atoms with van der Waals surface area (Å²) in [5, 5.41) is 0.346. The number of aryl methyl sites for hydroxylation is 2. The predicted molar refractivity (Wildman–Crippen MR) is 86.9 cm³/mol. The van der Waals surface area contributed by atoms with Crippen molar-refractivity contribution in [1.29, 1.82) is 0 Å². The summed E-state index contributed by atoms with van der Waals surface area (Å²) < 4.78 is 11.2. The van der Waals surface area contributed by atoms with Crippen LogP contribution in [-0.2, 0) is 16.0 Å². The van der Waals surface area contributed by atoms with Gasteiger partial charge in [-0.15, -0.1) is 0 Å². The van der Waals surface area contributed by atoms with Gasteiger partial charge in [-0.05, 0) is 26.0 Å². The summed E-state index contributed by atoms with van der Waals surface area (Å²) in [5.74, 6) is -0.805. The third-order valence-electron chi connectivity index (χ3n) is 3.50. The quantitative estimate of drug-likeness (QED) is 0.622. The molecule has 2 aromatic rings. The lowest BCUT2D eigenvalue weighted by atomic mass is 10.2. The second-order valence-corrected chi connectivity index (χ2v) is 5.21. The standard InChI is InChI=1S/C16H19N3O5/c1-5-19-8-12(15(21)24-9-18(3)16(22)23-4)13(20)11-7-6-10(2)17-14(11)19/h6-8H,5,9H2,1-4H3. The fourth-order valence-corrected chi connectivity index (χ4v) is 2.19. The lowest BCUT2D eigenvalue weighted by Gasteiger charge is -2.16. The maximum Gasteiger partial charge on any atom is 0.411 e. The van der Waals surface area contributed by atoms with Gasteiger partial charge in [-0.1, -0.05) is 0 Å². The van der Waals surface area contributed by atoms with E-state index in [0.29, 0.717) is 17.6 Å². The van der Waals surface area contributed by atoms with Gasteiger partial charge in [-0.2, -0.15) is 0 Å². The minimum Gasteiger partial charge on any atom is -0.453 e. The average Bonchev–Trinajstić information content (AvgIpc) is 2.58. The summed E-state index contributed by atoms with van der Waals surface area (Å²) >= 11 is 0. The van der Waals surface area contributed by atoms with Crippen LogP contribution in [0.5, 0.6) is 0 Å². The van der Waals surface area contributed by atoms with Crippen molar-refractivity contribution in [3.05, 3.63) is 39.8 Å². The fourth-order valence-electron chi connectivity index (χ4n) is 2.19. The number of amides is 1. The summed E-state index contributed by atoms with van der Waals surface area (Å²) in [6.07, 6.45) is 0.782. The summed E-state index contributed by atoms with van der Waals surface area (Å²) in [5.41, 5.74) is 0.742. The Morgan fingerprint density at radius 1 is 1.33 bits per heavy atom. The zero-order valence-electron chi connectivity index (χ0n) is 14.0. The van der Waals surface area contributed by atoms with Gasteiger partial charge in [0.05, 0.1) is 12.5 Å². The molecule has 0 aromatic carbocycles. The molecule has 0 saturated heterocycles. The molecule has 8 nitrogen and oxygen atoms in total. The van der Waals surface area contributed by atoms with E-state index in [1.54, 1.807) is 16.7 Å². The number of fused-ring (bicyclic) bond motifs is 1. The molecular formula is C16H19N3O5. The lowest BCUT2D eigenvalue weighted by molar-refractivity contribution is 0.0266. The molecule has 0 fully saturated rings. The molecule has 24 heavy (non-hydrogen) atoms. The van der Waals surface area contributed by atoms with Crippen molar-refractivity contribution < 1.29 is 19.1 Å². The maximum atomic E-state index is 12.5. The minimum atomic E-state index is -0.805. The minimum absolute atomic E-state index is 0.103. The molecule has 0 aliphatic carbocycles. The predicted octanol–water partition coefficient (Wildman–Crippen LogP) is 1.54. The van der Waals surface area contributed by atoms with Crippen LogP contribution in [0.1, 0.15) is 23.0 Å². The van der Waals surface area contributed by atoms with Crippen LogP contribution >= 0.6 is 0 Å². The second kappa shape index (κ2) is 7.12. The maximum absolute atomic E-state index is 12.5. The number of methoxy groups -OCH3 is 1. The van der Waals surface area contributed by atoms with E-state index in [4.69, 9.17) is 4.74 Å². The first-order chi connectivity index (χ1) is 11.4.